The molecule has 1 aliphatic rings. The molecule has 0 bridgehead atoms. The van der Waals surface area contributed by atoms with Gasteiger partial charge < -0.3 is 20.4 Å². The van der Waals surface area contributed by atoms with Crippen LogP contribution in [-0.2, 0) is 11.3 Å². The minimum absolute atomic E-state index is 0. The van der Waals surface area contributed by atoms with Crippen LogP contribution in [0.4, 0.5) is 10.1 Å². The van der Waals surface area contributed by atoms with Crippen molar-refractivity contribution >= 4 is 41.5 Å². The average molecular weight is 563 g/mol. The van der Waals surface area contributed by atoms with E-state index >= 15 is 0 Å². The zero-order valence-corrected chi connectivity index (χ0v) is 22.5. The van der Waals surface area contributed by atoms with Crippen LogP contribution < -0.4 is 15.5 Å². The lowest BCUT2D eigenvalue weighted by molar-refractivity contribution is -0.130. The van der Waals surface area contributed by atoms with Crippen molar-refractivity contribution < 1.29 is 9.18 Å². The van der Waals surface area contributed by atoms with E-state index in [4.69, 9.17) is 0 Å². The molecule has 2 rings (SSSR count). The summed E-state index contributed by atoms with van der Waals surface area (Å²) >= 11 is 0. The summed E-state index contributed by atoms with van der Waals surface area (Å²) in [5, 5.41) is 6.78. The lowest BCUT2D eigenvalue weighted by atomic mass is 10.1. The minimum atomic E-state index is -0.200. The first-order chi connectivity index (χ1) is 14.9. The number of guanidine groups is 1. The first-order valence-corrected chi connectivity index (χ1v) is 11.4. The largest absolute Gasteiger partial charge is 0.370 e. The van der Waals surface area contributed by atoms with Crippen molar-refractivity contribution in [2.24, 2.45) is 4.99 Å². The molecule has 0 radical (unpaired) electrons. The van der Waals surface area contributed by atoms with Crippen LogP contribution in [0.2, 0.25) is 0 Å². The number of rotatable bonds is 9. The van der Waals surface area contributed by atoms with Crippen molar-refractivity contribution in [2.75, 3.05) is 58.3 Å². The van der Waals surface area contributed by atoms with Crippen molar-refractivity contribution in [3.05, 3.63) is 29.6 Å². The van der Waals surface area contributed by atoms with Crippen molar-refractivity contribution in [3.8, 4) is 0 Å². The van der Waals surface area contributed by atoms with Crippen molar-refractivity contribution in [1.82, 2.24) is 20.4 Å². The first-order valence-electron chi connectivity index (χ1n) is 11.4. The van der Waals surface area contributed by atoms with Gasteiger partial charge in [-0.3, -0.25) is 9.69 Å². The molecule has 1 aliphatic heterocycles. The number of benzene rings is 1. The van der Waals surface area contributed by atoms with E-state index < -0.39 is 0 Å². The van der Waals surface area contributed by atoms with Gasteiger partial charge >= 0.3 is 0 Å². The Morgan fingerprint density at radius 2 is 1.84 bits per heavy atom. The maximum absolute atomic E-state index is 14.5. The van der Waals surface area contributed by atoms with Crippen LogP contribution in [0.15, 0.2) is 23.2 Å². The number of carbonyl (C=O) groups excluding carboxylic acids is 1. The fraction of sp³-hybridized carbons (Fsp3) is 0.652. The minimum Gasteiger partial charge on any atom is -0.370 e. The summed E-state index contributed by atoms with van der Waals surface area (Å²) in [5.41, 5.74) is 1.49. The first kappa shape index (κ1) is 28.4. The second-order valence-electron chi connectivity index (χ2n) is 8.14. The van der Waals surface area contributed by atoms with E-state index in [-0.39, 0.29) is 35.7 Å². The quantitative estimate of drug-likeness (QED) is 0.276. The summed E-state index contributed by atoms with van der Waals surface area (Å²) in [6.45, 7) is 11.1. The van der Waals surface area contributed by atoms with Gasteiger partial charge in [0.1, 0.15) is 5.82 Å². The molecule has 0 aliphatic carbocycles. The van der Waals surface area contributed by atoms with Crippen LogP contribution in [0.1, 0.15) is 39.2 Å². The lowest BCUT2D eigenvalue weighted by Crippen LogP contribution is -2.50. The lowest BCUT2D eigenvalue weighted by Gasteiger charge is -2.33. The van der Waals surface area contributed by atoms with Gasteiger partial charge in [-0.1, -0.05) is 6.07 Å². The molecule has 1 amide bonds. The molecule has 1 aromatic carbocycles. The van der Waals surface area contributed by atoms with E-state index in [1.165, 1.54) is 0 Å². The van der Waals surface area contributed by atoms with Gasteiger partial charge in [0.15, 0.2) is 5.96 Å². The smallest absolute Gasteiger partial charge is 0.236 e. The summed E-state index contributed by atoms with van der Waals surface area (Å²) in [5.74, 6) is 0.688. The Morgan fingerprint density at radius 1 is 1.19 bits per heavy atom. The van der Waals surface area contributed by atoms with E-state index in [1.807, 2.05) is 37.8 Å². The number of carbonyl (C=O) groups is 1. The average Bonchev–Trinajstić information content (AvgIpc) is 2.75. The highest BCUT2D eigenvalue weighted by Crippen LogP contribution is 2.20. The SMILES string of the molecule is CCNC(=NCc1ccc(N(CC)CC)c(F)c1)NC1CCN(CC(=O)N(C)C)CC1.I. The van der Waals surface area contributed by atoms with E-state index in [9.17, 15) is 9.18 Å². The number of hydrogen-bond donors (Lipinski definition) is 2. The Kier molecular flexibility index (Phi) is 12.9. The maximum Gasteiger partial charge on any atom is 0.236 e. The number of likely N-dealkylation sites (tertiary alicyclic amines) is 1. The molecule has 0 aromatic heterocycles. The third-order valence-corrected chi connectivity index (χ3v) is 5.67. The number of amides is 1. The van der Waals surface area contributed by atoms with Gasteiger partial charge in [-0.25, -0.2) is 9.38 Å². The van der Waals surface area contributed by atoms with Gasteiger partial charge in [-0.05, 0) is 51.3 Å². The molecule has 7 nitrogen and oxygen atoms in total. The Bertz CT molecular complexity index is 733. The van der Waals surface area contributed by atoms with Crippen LogP contribution in [0.5, 0.6) is 0 Å². The molecule has 0 saturated carbocycles. The predicted octanol–water partition coefficient (Wildman–Crippen LogP) is 2.90. The molecule has 9 heteroatoms. The third-order valence-electron chi connectivity index (χ3n) is 5.67. The monoisotopic (exact) mass is 562 g/mol. The molecule has 0 unspecified atom stereocenters. The van der Waals surface area contributed by atoms with E-state index in [1.54, 1.807) is 25.1 Å². The van der Waals surface area contributed by atoms with Crippen molar-refractivity contribution in [2.45, 2.75) is 46.2 Å². The summed E-state index contributed by atoms with van der Waals surface area (Å²) in [6, 6.07) is 5.69. The van der Waals surface area contributed by atoms with Crippen LogP contribution in [0.25, 0.3) is 0 Å². The summed E-state index contributed by atoms with van der Waals surface area (Å²) in [6.07, 6.45) is 1.91. The number of halogens is 2. The Morgan fingerprint density at radius 3 is 2.38 bits per heavy atom. The molecule has 1 heterocycles. The Hall–Kier alpha value is -1.62. The van der Waals surface area contributed by atoms with Gasteiger partial charge in [0.2, 0.25) is 5.91 Å². The highest BCUT2D eigenvalue weighted by Gasteiger charge is 2.22. The molecule has 1 fully saturated rings. The topological polar surface area (TPSA) is 63.2 Å². The van der Waals surface area contributed by atoms with Crippen molar-refractivity contribution in [1.29, 1.82) is 0 Å². The fourth-order valence-corrected chi connectivity index (χ4v) is 3.72. The second-order valence-corrected chi connectivity index (χ2v) is 8.14. The standard InChI is InChI=1S/C23H39FN6O.HI/c1-6-25-23(27-19-11-13-29(14-12-19)17-22(31)28(4)5)26-16-18-9-10-21(20(24)15-18)30(7-2)8-3;/h9-10,15,19H,6-8,11-14,16-17H2,1-5H3,(H2,25,26,27);1H. The van der Waals surface area contributed by atoms with Gasteiger partial charge in [-0.15, -0.1) is 24.0 Å². The summed E-state index contributed by atoms with van der Waals surface area (Å²) in [4.78, 5) is 22.4. The highest BCUT2D eigenvalue weighted by molar-refractivity contribution is 14.0. The van der Waals surface area contributed by atoms with Gasteiger partial charge in [0, 0.05) is 52.9 Å². The van der Waals surface area contributed by atoms with Crippen molar-refractivity contribution in [3.63, 3.8) is 0 Å². The molecular formula is C23H40FIN6O. The number of likely N-dealkylation sites (N-methyl/N-ethyl adjacent to an activating group) is 1. The fourth-order valence-electron chi connectivity index (χ4n) is 3.72. The molecular weight excluding hydrogens is 522 g/mol. The van der Waals surface area contributed by atoms with Gasteiger partial charge in [0.25, 0.3) is 0 Å². The number of piperidine rings is 1. The number of hydrogen-bond acceptors (Lipinski definition) is 4. The van der Waals surface area contributed by atoms with E-state index in [2.05, 4.69) is 20.5 Å². The molecule has 1 saturated heterocycles. The zero-order valence-electron chi connectivity index (χ0n) is 20.2. The van der Waals surface area contributed by atoms with E-state index in [0.29, 0.717) is 24.8 Å². The van der Waals surface area contributed by atoms with E-state index in [0.717, 1.165) is 57.1 Å². The van der Waals surface area contributed by atoms with Crippen LogP contribution in [0.3, 0.4) is 0 Å². The zero-order chi connectivity index (χ0) is 22.8. The highest BCUT2D eigenvalue weighted by atomic mass is 127. The predicted molar refractivity (Wildman–Crippen MR) is 141 cm³/mol. The third kappa shape index (κ3) is 8.73. The summed E-state index contributed by atoms with van der Waals surface area (Å²) < 4.78 is 14.5. The molecule has 32 heavy (non-hydrogen) atoms. The van der Waals surface area contributed by atoms with Gasteiger partial charge in [-0.2, -0.15) is 0 Å². The second kappa shape index (κ2) is 14.5. The Balaban J connectivity index is 0.00000512. The number of nitrogens with zero attached hydrogens (tertiary/aromatic N) is 4. The molecule has 0 atom stereocenters. The molecule has 182 valence electrons. The Labute approximate surface area is 209 Å². The van der Waals surface area contributed by atoms with Crippen LogP contribution >= 0.6 is 24.0 Å². The number of anilines is 1. The van der Waals surface area contributed by atoms with Gasteiger partial charge in [0.05, 0.1) is 18.8 Å². The summed E-state index contributed by atoms with van der Waals surface area (Å²) in [7, 11) is 3.58. The van der Waals surface area contributed by atoms with Crippen LogP contribution in [0, 0.1) is 5.82 Å². The normalized spacial score (nSPS) is 15.1. The number of aliphatic imine (C=N–C) groups is 1. The van der Waals surface area contributed by atoms with Crippen LogP contribution in [-0.4, -0.2) is 81.1 Å². The maximum atomic E-state index is 14.5. The molecule has 1 aromatic rings. The number of nitrogens with one attached hydrogen (secondary N) is 2. The molecule has 2 N–H and O–H groups in total. The molecule has 0 spiro atoms.